The van der Waals surface area contributed by atoms with Crippen molar-refractivity contribution in [2.45, 2.75) is 37.9 Å². The van der Waals surface area contributed by atoms with Crippen LogP contribution in [-0.4, -0.2) is 70.2 Å². The van der Waals surface area contributed by atoms with E-state index in [1.807, 2.05) is 0 Å². The summed E-state index contributed by atoms with van der Waals surface area (Å²) in [4.78, 5) is 42.0. The molecular weight excluding hydrogens is 585 g/mol. The molecule has 4 aromatic rings. The molecule has 0 spiro atoms. The molecule has 1 aromatic carbocycles. The minimum atomic E-state index is -4.01. The molecule has 1 aliphatic heterocycles. The molecular formula is C29H27F3N6O4S. The van der Waals surface area contributed by atoms with Gasteiger partial charge in [0.25, 0.3) is 0 Å². The Balaban J connectivity index is 1.87. The highest BCUT2D eigenvalue weighted by Gasteiger charge is 2.34. The SMILES string of the molecule is C=CC(=O)N1C[C@H](C)N(c2nc(=O)n(-c3c(C)ccnc3S(C)(=O)=O)c3nc(-c4c(F)cccc4F)c(F)cc23)C[C@H]1C. The smallest absolute Gasteiger partial charge is 0.349 e. The third kappa shape index (κ3) is 5.15. The second kappa shape index (κ2) is 10.9. The average Bonchev–Trinajstić information content (AvgIpc) is 2.93. The van der Waals surface area contributed by atoms with Crippen LogP contribution in [0.2, 0.25) is 0 Å². The van der Waals surface area contributed by atoms with Crippen molar-refractivity contribution < 1.29 is 26.4 Å². The van der Waals surface area contributed by atoms with Crippen LogP contribution in [0.15, 0.2) is 59.0 Å². The molecule has 1 amide bonds. The lowest BCUT2D eigenvalue weighted by Crippen LogP contribution is -2.58. The van der Waals surface area contributed by atoms with Crippen molar-refractivity contribution in [3.05, 3.63) is 82.7 Å². The molecule has 0 saturated carbocycles. The van der Waals surface area contributed by atoms with Gasteiger partial charge >= 0.3 is 5.69 Å². The number of nitrogens with zero attached hydrogens (tertiary/aromatic N) is 6. The maximum atomic E-state index is 15.8. The zero-order valence-corrected chi connectivity index (χ0v) is 24.5. The minimum Gasteiger partial charge on any atom is -0.349 e. The van der Waals surface area contributed by atoms with Gasteiger partial charge in [-0.3, -0.25) is 4.79 Å². The first-order chi connectivity index (χ1) is 20.2. The van der Waals surface area contributed by atoms with E-state index in [1.54, 1.807) is 30.6 Å². The van der Waals surface area contributed by atoms with Gasteiger partial charge in [0.1, 0.15) is 23.1 Å². The number of halogens is 3. The van der Waals surface area contributed by atoms with Crippen LogP contribution in [0.25, 0.3) is 28.0 Å². The molecule has 14 heteroatoms. The fourth-order valence-electron chi connectivity index (χ4n) is 5.34. The van der Waals surface area contributed by atoms with Crippen molar-refractivity contribution in [3.8, 4) is 16.9 Å². The molecule has 0 N–H and O–H groups in total. The van der Waals surface area contributed by atoms with Crippen molar-refractivity contribution in [3.63, 3.8) is 0 Å². The largest absolute Gasteiger partial charge is 0.355 e. The van der Waals surface area contributed by atoms with Crippen LogP contribution >= 0.6 is 0 Å². The van der Waals surface area contributed by atoms with E-state index in [0.717, 1.165) is 35.1 Å². The van der Waals surface area contributed by atoms with E-state index in [2.05, 4.69) is 21.5 Å². The second-order valence-electron chi connectivity index (χ2n) is 10.4. The van der Waals surface area contributed by atoms with Crippen molar-refractivity contribution in [1.29, 1.82) is 0 Å². The van der Waals surface area contributed by atoms with Gasteiger partial charge in [-0.25, -0.2) is 40.9 Å². The number of benzene rings is 1. The van der Waals surface area contributed by atoms with Crippen LogP contribution in [0.3, 0.4) is 0 Å². The Kier molecular flexibility index (Phi) is 7.59. The van der Waals surface area contributed by atoms with Crippen LogP contribution in [-0.2, 0) is 14.6 Å². The maximum Gasteiger partial charge on any atom is 0.355 e. The molecule has 0 aliphatic carbocycles. The summed E-state index contributed by atoms with van der Waals surface area (Å²) < 4.78 is 71.8. The maximum absolute atomic E-state index is 15.8. The highest BCUT2D eigenvalue weighted by molar-refractivity contribution is 7.90. The number of sulfone groups is 1. The van der Waals surface area contributed by atoms with Gasteiger partial charge in [-0.15, -0.1) is 0 Å². The van der Waals surface area contributed by atoms with E-state index >= 15 is 4.39 Å². The number of pyridine rings is 2. The number of amides is 1. The number of aryl methyl sites for hydroxylation is 1. The first-order valence-corrected chi connectivity index (χ1v) is 15.1. The van der Waals surface area contributed by atoms with Crippen LogP contribution in [0, 0.1) is 24.4 Å². The zero-order chi connectivity index (χ0) is 31.4. The summed E-state index contributed by atoms with van der Waals surface area (Å²) >= 11 is 0. The summed E-state index contributed by atoms with van der Waals surface area (Å²) in [6.07, 6.45) is 3.37. The predicted molar refractivity (Wildman–Crippen MR) is 154 cm³/mol. The lowest BCUT2D eigenvalue weighted by Gasteiger charge is -2.44. The molecule has 1 saturated heterocycles. The monoisotopic (exact) mass is 612 g/mol. The van der Waals surface area contributed by atoms with E-state index in [4.69, 9.17) is 0 Å². The number of fused-ring (bicyclic) bond motifs is 1. The Morgan fingerprint density at radius 2 is 1.72 bits per heavy atom. The van der Waals surface area contributed by atoms with Gasteiger partial charge < -0.3 is 9.80 Å². The second-order valence-corrected chi connectivity index (χ2v) is 12.4. The summed E-state index contributed by atoms with van der Waals surface area (Å²) in [5.74, 6) is -3.55. The molecule has 0 unspecified atom stereocenters. The molecule has 2 atom stereocenters. The number of hydrogen-bond donors (Lipinski definition) is 0. The number of hydrogen-bond acceptors (Lipinski definition) is 8. The van der Waals surface area contributed by atoms with Crippen molar-refractivity contribution in [2.24, 2.45) is 0 Å². The van der Waals surface area contributed by atoms with E-state index in [9.17, 15) is 26.8 Å². The predicted octanol–water partition coefficient (Wildman–Crippen LogP) is 3.58. The number of rotatable bonds is 5. The lowest BCUT2D eigenvalue weighted by molar-refractivity contribution is -0.128. The topological polar surface area (TPSA) is 118 Å². The molecule has 1 aliphatic rings. The van der Waals surface area contributed by atoms with Gasteiger partial charge in [0, 0.05) is 37.6 Å². The molecule has 4 heterocycles. The minimum absolute atomic E-state index is 0.00991. The van der Waals surface area contributed by atoms with Crippen LogP contribution in [0.4, 0.5) is 19.0 Å². The third-order valence-electron chi connectivity index (χ3n) is 7.38. The molecule has 43 heavy (non-hydrogen) atoms. The van der Waals surface area contributed by atoms with Crippen molar-refractivity contribution >= 4 is 32.6 Å². The summed E-state index contributed by atoms with van der Waals surface area (Å²) in [6.45, 7) is 9.08. The zero-order valence-electron chi connectivity index (χ0n) is 23.7. The number of carbonyl (C=O) groups excluding carboxylic acids is 1. The molecule has 0 bridgehead atoms. The van der Waals surface area contributed by atoms with Gasteiger partial charge in [0.05, 0.1) is 16.6 Å². The number of aromatic nitrogens is 4. The summed E-state index contributed by atoms with van der Waals surface area (Å²) in [6, 6.07) is 4.65. The molecule has 5 rings (SSSR count). The Bertz CT molecular complexity index is 1960. The Morgan fingerprint density at radius 3 is 2.35 bits per heavy atom. The molecule has 0 radical (unpaired) electrons. The summed E-state index contributed by atoms with van der Waals surface area (Å²) in [7, 11) is -4.01. The van der Waals surface area contributed by atoms with E-state index in [0.29, 0.717) is 5.56 Å². The fourth-order valence-corrected chi connectivity index (χ4v) is 6.20. The average molecular weight is 613 g/mol. The number of carbonyl (C=O) groups is 1. The molecule has 224 valence electrons. The van der Waals surface area contributed by atoms with Crippen molar-refractivity contribution in [1.82, 2.24) is 24.4 Å². The standard InChI is InChI=1S/C29H27F3N6O4S/c1-6-22(39)36-13-17(4)37(14-16(36)3)26-18-12-21(32)24(23-19(30)8-7-9-20(23)31)34-27(18)38(29(40)35-26)25-15(2)10-11-33-28(25)43(5,41)42/h6-12,16-17H,1,13-14H2,2-5H3/t16-,17+/m1/s1. The highest BCUT2D eigenvalue weighted by Crippen LogP contribution is 2.35. The third-order valence-corrected chi connectivity index (χ3v) is 8.39. The molecule has 3 aromatic heterocycles. The Labute approximate surface area is 245 Å². The first-order valence-electron chi connectivity index (χ1n) is 13.2. The lowest BCUT2D eigenvalue weighted by atomic mass is 10.1. The van der Waals surface area contributed by atoms with E-state index in [-0.39, 0.29) is 47.6 Å². The van der Waals surface area contributed by atoms with Crippen LogP contribution in [0.1, 0.15) is 19.4 Å². The number of piperazine rings is 1. The van der Waals surface area contributed by atoms with Gasteiger partial charge in [0.15, 0.2) is 26.3 Å². The Hall–Kier alpha value is -4.59. The molecule has 10 nitrogen and oxygen atoms in total. The number of anilines is 1. The van der Waals surface area contributed by atoms with E-state index < -0.39 is 55.3 Å². The summed E-state index contributed by atoms with van der Waals surface area (Å²) in [5, 5.41) is -0.489. The molecule has 1 fully saturated rings. The van der Waals surface area contributed by atoms with Gasteiger partial charge in [-0.05, 0) is 56.7 Å². The van der Waals surface area contributed by atoms with Crippen LogP contribution < -0.4 is 10.6 Å². The normalized spacial score (nSPS) is 17.4. The van der Waals surface area contributed by atoms with Gasteiger partial charge in [-0.2, -0.15) is 4.98 Å². The highest BCUT2D eigenvalue weighted by atomic mass is 32.2. The Morgan fingerprint density at radius 1 is 1.05 bits per heavy atom. The quantitative estimate of drug-likeness (QED) is 0.314. The van der Waals surface area contributed by atoms with Gasteiger partial charge in [-0.1, -0.05) is 12.6 Å². The van der Waals surface area contributed by atoms with Crippen LogP contribution in [0.5, 0.6) is 0 Å². The van der Waals surface area contributed by atoms with Gasteiger partial charge in [0.2, 0.25) is 5.91 Å². The van der Waals surface area contributed by atoms with E-state index in [1.165, 1.54) is 18.3 Å². The summed E-state index contributed by atoms with van der Waals surface area (Å²) in [5.41, 5.74) is -2.63. The first kappa shape index (κ1) is 29.9. The fraction of sp³-hybridized carbons (Fsp3) is 0.276. The van der Waals surface area contributed by atoms with Crippen molar-refractivity contribution in [2.75, 3.05) is 24.2 Å².